The molecule has 1 amide bonds. The van der Waals surface area contributed by atoms with E-state index in [1.165, 1.54) is 0 Å². The maximum absolute atomic E-state index is 11.7. The molecule has 1 aromatic rings. The van der Waals surface area contributed by atoms with Crippen molar-refractivity contribution in [1.29, 1.82) is 0 Å². The highest BCUT2D eigenvalue weighted by Crippen LogP contribution is 2.19. The summed E-state index contributed by atoms with van der Waals surface area (Å²) >= 11 is 5.00. The predicted molar refractivity (Wildman–Crippen MR) is 71.9 cm³/mol. The number of carbonyl (C=O) groups excluding carboxylic acids is 1. The molecule has 0 spiro atoms. The van der Waals surface area contributed by atoms with Crippen molar-refractivity contribution in [1.82, 2.24) is 10.3 Å². The molecule has 0 saturated heterocycles. The Bertz CT molecular complexity index is 365. The molecule has 0 aliphatic heterocycles. The molecule has 5 heteroatoms. The van der Waals surface area contributed by atoms with Gasteiger partial charge in [-0.05, 0) is 48.2 Å². The molecule has 1 heterocycles. The van der Waals surface area contributed by atoms with Crippen LogP contribution in [0.1, 0.15) is 24.3 Å². The van der Waals surface area contributed by atoms with Crippen LogP contribution in [0.15, 0.2) is 22.8 Å². The number of hydrogen-bond donors (Lipinski definition) is 1. The quantitative estimate of drug-likeness (QED) is 0.930. The van der Waals surface area contributed by atoms with E-state index < -0.39 is 0 Å². The topological polar surface area (TPSA) is 42.0 Å². The fourth-order valence-electron chi connectivity index (χ4n) is 0.966. The molecule has 0 radical (unpaired) electrons. The van der Waals surface area contributed by atoms with Crippen LogP contribution in [-0.4, -0.2) is 28.4 Å². The van der Waals surface area contributed by atoms with E-state index in [0.29, 0.717) is 12.2 Å². The Balaban J connectivity index is 2.56. The van der Waals surface area contributed by atoms with Gasteiger partial charge < -0.3 is 5.32 Å². The normalized spacial score (nSPS) is 11.2. The summed E-state index contributed by atoms with van der Waals surface area (Å²) in [4.78, 5) is 15.8. The Labute approximate surface area is 109 Å². The van der Waals surface area contributed by atoms with E-state index in [4.69, 9.17) is 0 Å². The summed E-state index contributed by atoms with van der Waals surface area (Å²) < 4.78 is 0.916. The van der Waals surface area contributed by atoms with E-state index in [-0.39, 0.29) is 10.7 Å². The summed E-state index contributed by atoms with van der Waals surface area (Å²) in [6.07, 6.45) is 3.65. The highest BCUT2D eigenvalue weighted by Gasteiger charge is 2.17. The third kappa shape index (κ3) is 4.14. The number of pyridine rings is 1. The lowest BCUT2D eigenvalue weighted by molar-refractivity contribution is 0.0946. The Hall–Kier alpha value is -0.550. The van der Waals surface area contributed by atoms with Gasteiger partial charge in [-0.2, -0.15) is 11.8 Å². The first kappa shape index (κ1) is 13.5. The molecule has 0 fully saturated rings. The molecule has 1 rings (SSSR count). The standard InChI is InChI=1S/C11H15BrN2OS/c1-11(2,16-3)7-14-10(15)9-5-4-8(12)6-13-9/h4-6H,7H2,1-3H3,(H,14,15). The monoisotopic (exact) mass is 302 g/mol. The van der Waals surface area contributed by atoms with E-state index in [2.05, 4.69) is 40.1 Å². The van der Waals surface area contributed by atoms with Crippen molar-refractivity contribution in [3.8, 4) is 0 Å². The first-order valence-electron chi connectivity index (χ1n) is 4.89. The first-order chi connectivity index (χ1) is 7.44. The van der Waals surface area contributed by atoms with Gasteiger partial charge in [-0.25, -0.2) is 4.98 Å². The maximum Gasteiger partial charge on any atom is 0.269 e. The lowest BCUT2D eigenvalue weighted by Crippen LogP contribution is -2.36. The van der Waals surface area contributed by atoms with E-state index in [1.807, 2.05) is 12.3 Å². The van der Waals surface area contributed by atoms with Gasteiger partial charge >= 0.3 is 0 Å². The first-order valence-corrected chi connectivity index (χ1v) is 6.91. The Kier molecular flexibility index (Phi) is 4.80. The number of nitrogens with one attached hydrogen (secondary N) is 1. The van der Waals surface area contributed by atoms with E-state index >= 15 is 0 Å². The SMILES string of the molecule is CSC(C)(C)CNC(=O)c1ccc(Br)cn1. The second kappa shape index (κ2) is 5.68. The van der Waals surface area contributed by atoms with Gasteiger partial charge in [0.1, 0.15) is 5.69 Å². The Morgan fingerprint density at radius 3 is 2.75 bits per heavy atom. The number of thioether (sulfide) groups is 1. The lowest BCUT2D eigenvalue weighted by Gasteiger charge is -2.21. The molecular weight excluding hydrogens is 288 g/mol. The molecule has 0 aromatic carbocycles. The number of nitrogens with zero attached hydrogens (tertiary/aromatic N) is 1. The maximum atomic E-state index is 11.7. The van der Waals surface area contributed by atoms with Crippen molar-refractivity contribution in [3.05, 3.63) is 28.5 Å². The zero-order valence-corrected chi connectivity index (χ0v) is 12.0. The molecule has 3 nitrogen and oxygen atoms in total. The number of hydrogen-bond acceptors (Lipinski definition) is 3. The zero-order valence-electron chi connectivity index (χ0n) is 9.58. The number of rotatable bonds is 4. The number of carbonyl (C=O) groups is 1. The van der Waals surface area contributed by atoms with Gasteiger partial charge in [0.25, 0.3) is 5.91 Å². The summed E-state index contributed by atoms with van der Waals surface area (Å²) in [5, 5.41) is 2.87. The van der Waals surface area contributed by atoms with Crippen LogP contribution < -0.4 is 5.32 Å². The second-order valence-corrected chi connectivity index (χ2v) is 6.44. The van der Waals surface area contributed by atoms with E-state index in [9.17, 15) is 4.79 Å². The minimum atomic E-state index is -0.130. The highest BCUT2D eigenvalue weighted by molar-refractivity contribution is 9.10. The van der Waals surface area contributed by atoms with Crippen LogP contribution in [0, 0.1) is 0 Å². The summed E-state index contributed by atoms with van der Waals surface area (Å²) in [7, 11) is 0. The van der Waals surface area contributed by atoms with Crippen LogP contribution in [0.2, 0.25) is 0 Å². The van der Waals surface area contributed by atoms with Gasteiger partial charge in [0.15, 0.2) is 0 Å². The molecule has 0 atom stereocenters. The second-order valence-electron chi connectivity index (χ2n) is 4.01. The molecule has 0 aliphatic rings. The minimum absolute atomic E-state index is 0.0467. The zero-order chi connectivity index (χ0) is 12.2. The molecule has 88 valence electrons. The summed E-state index contributed by atoms with van der Waals surface area (Å²) in [5.41, 5.74) is 0.445. The molecule has 1 N–H and O–H groups in total. The third-order valence-electron chi connectivity index (χ3n) is 2.19. The lowest BCUT2D eigenvalue weighted by atomic mass is 10.2. The van der Waals surface area contributed by atoms with Gasteiger partial charge in [-0.1, -0.05) is 0 Å². The summed E-state index contributed by atoms with van der Waals surface area (Å²) in [5.74, 6) is -0.130. The molecule has 0 unspecified atom stereocenters. The Morgan fingerprint density at radius 1 is 1.56 bits per heavy atom. The average Bonchev–Trinajstić information content (AvgIpc) is 2.27. The number of halogens is 1. The fraction of sp³-hybridized carbons (Fsp3) is 0.455. The van der Waals surface area contributed by atoms with Crippen molar-refractivity contribution in [2.45, 2.75) is 18.6 Å². The van der Waals surface area contributed by atoms with Crippen LogP contribution in [0.25, 0.3) is 0 Å². The average molecular weight is 303 g/mol. The third-order valence-corrected chi connectivity index (χ3v) is 3.91. The molecule has 0 saturated carbocycles. The Morgan fingerprint density at radius 2 is 2.25 bits per heavy atom. The molecule has 0 aliphatic carbocycles. The van der Waals surface area contributed by atoms with E-state index in [0.717, 1.165) is 4.47 Å². The van der Waals surface area contributed by atoms with Crippen LogP contribution in [-0.2, 0) is 0 Å². The minimum Gasteiger partial charge on any atom is -0.349 e. The van der Waals surface area contributed by atoms with Gasteiger partial charge in [0.2, 0.25) is 0 Å². The predicted octanol–water partition coefficient (Wildman–Crippen LogP) is 2.72. The van der Waals surface area contributed by atoms with Crippen LogP contribution >= 0.6 is 27.7 Å². The largest absolute Gasteiger partial charge is 0.349 e. The smallest absolute Gasteiger partial charge is 0.269 e. The van der Waals surface area contributed by atoms with E-state index in [1.54, 1.807) is 24.0 Å². The van der Waals surface area contributed by atoms with Crippen molar-refractivity contribution in [2.75, 3.05) is 12.8 Å². The highest BCUT2D eigenvalue weighted by atomic mass is 79.9. The number of amides is 1. The van der Waals surface area contributed by atoms with Crippen molar-refractivity contribution in [3.63, 3.8) is 0 Å². The molecule has 16 heavy (non-hydrogen) atoms. The van der Waals surface area contributed by atoms with Crippen molar-refractivity contribution >= 4 is 33.6 Å². The summed E-state index contributed by atoms with van der Waals surface area (Å²) in [6, 6.07) is 3.51. The van der Waals surface area contributed by atoms with Crippen LogP contribution in [0.5, 0.6) is 0 Å². The summed E-state index contributed by atoms with van der Waals surface area (Å²) in [6.45, 7) is 4.81. The molecular formula is C11H15BrN2OS. The van der Waals surface area contributed by atoms with Gasteiger partial charge in [0, 0.05) is 22.0 Å². The van der Waals surface area contributed by atoms with Crippen LogP contribution in [0.3, 0.4) is 0 Å². The van der Waals surface area contributed by atoms with Crippen molar-refractivity contribution < 1.29 is 4.79 Å². The van der Waals surface area contributed by atoms with Crippen LogP contribution in [0.4, 0.5) is 0 Å². The van der Waals surface area contributed by atoms with Crippen molar-refractivity contribution in [2.24, 2.45) is 0 Å². The van der Waals surface area contributed by atoms with Gasteiger partial charge in [-0.3, -0.25) is 4.79 Å². The number of aromatic nitrogens is 1. The fourth-order valence-corrected chi connectivity index (χ4v) is 1.42. The van der Waals surface area contributed by atoms with Gasteiger partial charge in [-0.15, -0.1) is 0 Å². The molecule has 1 aromatic heterocycles. The van der Waals surface area contributed by atoms with Gasteiger partial charge in [0.05, 0.1) is 0 Å². The molecule has 0 bridgehead atoms.